The lowest BCUT2D eigenvalue weighted by Gasteiger charge is -2.08. The van der Waals surface area contributed by atoms with Crippen molar-refractivity contribution in [1.82, 2.24) is 5.32 Å². The second kappa shape index (κ2) is 9.45. The number of hydrogen-bond acceptors (Lipinski definition) is 7. The molecule has 3 rings (SSSR count). The molecule has 0 unspecified atom stereocenters. The highest BCUT2D eigenvalue weighted by Gasteiger charge is 2.15. The van der Waals surface area contributed by atoms with Gasteiger partial charge in [0.25, 0.3) is 11.8 Å². The highest BCUT2D eigenvalue weighted by Crippen LogP contribution is 2.34. The number of esters is 1. The Morgan fingerprint density at radius 3 is 2.55 bits per heavy atom. The monoisotopic (exact) mass is 400 g/mol. The van der Waals surface area contributed by atoms with E-state index in [0.717, 1.165) is 0 Å². The topological polar surface area (TPSA) is 112 Å². The van der Waals surface area contributed by atoms with Gasteiger partial charge in [0, 0.05) is 17.3 Å². The van der Waals surface area contributed by atoms with Crippen LogP contribution in [0.2, 0.25) is 0 Å². The molecule has 9 heteroatoms. The zero-order valence-corrected chi connectivity index (χ0v) is 15.7. The quantitative estimate of drug-likeness (QED) is 0.649. The van der Waals surface area contributed by atoms with Gasteiger partial charge in [0.2, 0.25) is 6.79 Å². The van der Waals surface area contributed by atoms with Crippen molar-refractivity contribution in [3.05, 3.63) is 48.0 Å². The van der Waals surface area contributed by atoms with Gasteiger partial charge in [0.15, 0.2) is 18.1 Å². The van der Waals surface area contributed by atoms with Crippen molar-refractivity contribution in [2.75, 3.05) is 31.9 Å². The molecule has 0 spiro atoms. The van der Waals surface area contributed by atoms with E-state index in [1.807, 2.05) is 6.92 Å². The van der Waals surface area contributed by atoms with Crippen LogP contribution < -0.4 is 24.8 Å². The molecule has 1 aliphatic rings. The number of anilines is 1. The minimum atomic E-state index is -0.731. The van der Waals surface area contributed by atoms with Crippen molar-refractivity contribution < 1.29 is 33.3 Å². The minimum absolute atomic E-state index is 0.132. The van der Waals surface area contributed by atoms with E-state index in [9.17, 15) is 14.4 Å². The Labute approximate surface area is 166 Å². The number of carbonyl (C=O) groups is 3. The molecule has 152 valence electrons. The summed E-state index contributed by atoms with van der Waals surface area (Å²) in [5.74, 6) is 0.0846. The molecule has 1 aliphatic heterocycles. The number of nitrogens with one attached hydrogen (secondary N) is 2. The van der Waals surface area contributed by atoms with E-state index in [1.165, 1.54) is 0 Å². The lowest BCUT2D eigenvalue weighted by atomic mass is 10.2. The van der Waals surface area contributed by atoms with Crippen LogP contribution in [0, 0.1) is 0 Å². The van der Waals surface area contributed by atoms with Crippen molar-refractivity contribution in [3.8, 4) is 17.2 Å². The van der Waals surface area contributed by atoms with E-state index in [1.54, 1.807) is 42.5 Å². The second-order valence-electron chi connectivity index (χ2n) is 5.92. The van der Waals surface area contributed by atoms with Crippen molar-refractivity contribution in [2.45, 2.75) is 6.92 Å². The average Bonchev–Trinajstić information content (AvgIpc) is 3.19. The van der Waals surface area contributed by atoms with Gasteiger partial charge in [-0.1, -0.05) is 0 Å². The largest absolute Gasteiger partial charge is 0.494 e. The van der Waals surface area contributed by atoms with Crippen LogP contribution >= 0.6 is 0 Å². The zero-order chi connectivity index (χ0) is 20.6. The second-order valence-corrected chi connectivity index (χ2v) is 5.92. The molecule has 0 saturated heterocycles. The van der Waals surface area contributed by atoms with Gasteiger partial charge in [-0.2, -0.15) is 0 Å². The molecule has 2 aromatic carbocycles. The lowest BCUT2D eigenvalue weighted by molar-refractivity contribution is -0.146. The molecule has 0 bridgehead atoms. The summed E-state index contributed by atoms with van der Waals surface area (Å²) in [6.45, 7) is 1.68. The van der Waals surface area contributed by atoms with Crippen LogP contribution in [0.15, 0.2) is 42.5 Å². The van der Waals surface area contributed by atoms with E-state index in [-0.39, 0.29) is 13.3 Å². The van der Waals surface area contributed by atoms with E-state index in [2.05, 4.69) is 10.6 Å². The van der Waals surface area contributed by atoms with Crippen LogP contribution in [0.4, 0.5) is 5.69 Å². The Morgan fingerprint density at radius 2 is 1.79 bits per heavy atom. The smallest absolute Gasteiger partial charge is 0.325 e. The number of fused-ring (bicyclic) bond motifs is 1. The van der Waals surface area contributed by atoms with Crippen molar-refractivity contribution in [3.63, 3.8) is 0 Å². The fourth-order valence-electron chi connectivity index (χ4n) is 2.49. The number of ether oxygens (including phenoxy) is 4. The Morgan fingerprint density at radius 1 is 1.03 bits per heavy atom. The predicted molar refractivity (Wildman–Crippen MR) is 102 cm³/mol. The number of hydrogen-bond donors (Lipinski definition) is 2. The highest BCUT2D eigenvalue weighted by molar-refractivity contribution is 5.96. The summed E-state index contributed by atoms with van der Waals surface area (Å²) in [6.07, 6.45) is 0. The maximum atomic E-state index is 12.0. The molecule has 0 saturated carbocycles. The fourth-order valence-corrected chi connectivity index (χ4v) is 2.49. The molecule has 0 atom stereocenters. The molecule has 2 aromatic rings. The number of rotatable bonds is 8. The minimum Gasteiger partial charge on any atom is -0.494 e. The van der Waals surface area contributed by atoms with Gasteiger partial charge in [-0.3, -0.25) is 14.4 Å². The summed E-state index contributed by atoms with van der Waals surface area (Å²) in [4.78, 5) is 35.7. The van der Waals surface area contributed by atoms with Gasteiger partial charge in [-0.15, -0.1) is 0 Å². The van der Waals surface area contributed by atoms with Crippen LogP contribution in [0.25, 0.3) is 0 Å². The van der Waals surface area contributed by atoms with Gasteiger partial charge in [-0.25, -0.2) is 0 Å². The van der Waals surface area contributed by atoms with E-state index in [4.69, 9.17) is 18.9 Å². The van der Waals surface area contributed by atoms with E-state index >= 15 is 0 Å². The average molecular weight is 400 g/mol. The summed E-state index contributed by atoms with van der Waals surface area (Å²) in [7, 11) is 0. The molecule has 0 aromatic heterocycles. The molecule has 0 radical (unpaired) electrons. The number of carbonyl (C=O) groups excluding carboxylic acids is 3. The van der Waals surface area contributed by atoms with Gasteiger partial charge < -0.3 is 29.6 Å². The Kier molecular flexibility index (Phi) is 6.51. The summed E-state index contributed by atoms with van der Waals surface area (Å²) in [6, 6.07) is 11.4. The SMILES string of the molecule is CCOc1ccc(C(=O)NCC(=O)OCC(=O)Nc2ccc3c(c2)OCO3)cc1. The molecule has 0 aliphatic carbocycles. The molecule has 9 nitrogen and oxygen atoms in total. The first-order valence-electron chi connectivity index (χ1n) is 8.91. The first kappa shape index (κ1) is 20.0. The molecule has 0 fully saturated rings. The van der Waals surface area contributed by atoms with Crippen molar-refractivity contribution >= 4 is 23.5 Å². The van der Waals surface area contributed by atoms with E-state index in [0.29, 0.717) is 35.1 Å². The van der Waals surface area contributed by atoms with Crippen LogP contribution in [-0.4, -0.2) is 44.3 Å². The maximum Gasteiger partial charge on any atom is 0.325 e. The third-order valence-electron chi connectivity index (χ3n) is 3.84. The summed E-state index contributed by atoms with van der Waals surface area (Å²) >= 11 is 0. The summed E-state index contributed by atoms with van der Waals surface area (Å²) < 4.78 is 20.6. The van der Waals surface area contributed by atoms with Crippen molar-refractivity contribution in [1.29, 1.82) is 0 Å². The highest BCUT2D eigenvalue weighted by atomic mass is 16.7. The molecule has 29 heavy (non-hydrogen) atoms. The number of amides is 2. The molecular weight excluding hydrogens is 380 g/mol. The standard InChI is InChI=1S/C20H20N2O7/c1-2-26-15-6-3-13(4-7-15)20(25)21-10-19(24)27-11-18(23)22-14-5-8-16-17(9-14)29-12-28-16/h3-9H,2,10-12H2,1H3,(H,21,25)(H,22,23). The molecular formula is C20H20N2O7. The lowest BCUT2D eigenvalue weighted by Crippen LogP contribution is -2.32. The fraction of sp³-hybridized carbons (Fsp3) is 0.250. The normalized spacial score (nSPS) is 11.5. The first-order chi connectivity index (χ1) is 14.0. The third kappa shape index (κ3) is 5.61. The first-order valence-corrected chi connectivity index (χ1v) is 8.91. The van der Waals surface area contributed by atoms with Crippen LogP contribution in [0.3, 0.4) is 0 Å². The predicted octanol–water partition coefficient (Wildman–Crippen LogP) is 1.73. The van der Waals surface area contributed by atoms with Gasteiger partial charge in [0.05, 0.1) is 6.61 Å². The molecule has 2 amide bonds. The van der Waals surface area contributed by atoms with Crippen LogP contribution in [0.1, 0.15) is 17.3 Å². The Bertz CT molecular complexity index is 896. The van der Waals surface area contributed by atoms with Gasteiger partial charge in [-0.05, 0) is 43.3 Å². The summed E-state index contributed by atoms with van der Waals surface area (Å²) in [5, 5.41) is 5.02. The maximum absolute atomic E-state index is 12.0. The van der Waals surface area contributed by atoms with E-state index < -0.39 is 24.4 Å². The number of benzene rings is 2. The Hall–Kier alpha value is -3.75. The van der Waals surface area contributed by atoms with Crippen molar-refractivity contribution in [2.24, 2.45) is 0 Å². The molecule has 2 N–H and O–H groups in total. The Balaban J connectivity index is 1.39. The van der Waals surface area contributed by atoms with Crippen LogP contribution in [0.5, 0.6) is 17.2 Å². The van der Waals surface area contributed by atoms with Crippen LogP contribution in [-0.2, 0) is 14.3 Å². The van der Waals surface area contributed by atoms with Gasteiger partial charge >= 0.3 is 5.97 Å². The zero-order valence-electron chi connectivity index (χ0n) is 15.7. The summed E-state index contributed by atoms with van der Waals surface area (Å²) in [5.41, 5.74) is 0.862. The third-order valence-corrected chi connectivity index (χ3v) is 3.84. The molecule has 1 heterocycles. The van der Waals surface area contributed by atoms with Gasteiger partial charge in [0.1, 0.15) is 12.3 Å².